The van der Waals surface area contributed by atoms with Gasteiger partial charge in [-0.1, -0.05) is 0 Å². The monoisotopic (exact) mass is 113 g/mol. The zero-order valence-corrected chi connectivity index (χ0v) is 5.05. The van der Waals surface area contributed by atoms with Gasteiger partial charge in [0.1, 0.15) is 6.29 Å². The lowest BCUT2D eigenvalue weighted by Crippen LogP contribution is -2.28. The molecule has 0 radical (unpaired) electrons. The van der Waals surface area contributed by atoms with E-state index in [1.54, 1.807) is 0 Å². The van der Waals surface area contributed by atoms with E-state index in [0.717, 1.165) is 6.29 Å². The van der Waals surface area contributed by atoms with Crippen molar-refractivity contribution >= 4 is 6.29 Å². The third kappa shape index (κ3) is 1.07. The van der Waals surface area contributed by atoms with E-state index in [4.69, 9.17) is 0 Å². The normalized spacial score (nSPS) is 22.6. The van der Waals surface area contributed by atoms with Crippen molar-refractivity contribution < 1.29 is 4.79 Å². The Hall–Kier alpha value is -0.370. The molecule has 2 heteroatoms. The Morgan fingerprint density at radius 1 is 1.75 bits per heavy atom. The Balaban J connectivity index is 2.25. The minimum absolute atomic E-state index is 0.134. The van der Waals surface area contributed by atoms with E-state index < -0.39 is 0 Å². The molecular weight excluding hydrogens is 102 g/mol. The molecule has 0 saturated heterocycles. The molecule has 46 valence electrons. The molecule has 0 heterocycles. The van der Waals surface area contributed by atoms with E-state index in [-0.39, 0.29) is 6.04 Å². The van der Waals surface area contributed by atoms with E-state index >= 15 is 0 Å². The van der Waals surface area contributed by atoms with Crippen molar-refractivity contribution in [1.29, 1.82) is 0 Å². The number of carbonyl (C=O) groups is 1. The Bertz CT molecular complexity index is 88.5. The van der Waals surface area contributed by atoms with Crippen LogP contribution in [0.5, 0.6) is 0 Å². The first-order valence-corrected chi connectivity index (χ1v) is 3.01. The molecule has 0 bridgehead atoms. The second kappa shape index (κ2) is 2.27. The highest BCUT2D eigenvalue weighted by Gasteiger charge is 2.29. The molecule has 0 aliphatic heterocycles. The van der Waals surface area contributed by atoms with Crippen molar-refractivity contribution in [2.45, 2.75) is 18.9 Å². The van der Waals surface area contributed by atoms with Gasteiger partial charge in [0.2, 0.25) is 0 Å². The molecule has 1 aliphatic rings. The summed E-state index contributed by atoms with van der Waals surface area (Å²) in [4.78, 5) is 10.2. The van der Waals surface area contributed by atoms with Crippen LogP contribution in [0.1, 0.15) is 12.8 Å². The average Bonchev–Trinajstić information content (AvgIpc) is 2.53. The lowest BCUT2D eigenvalue weighted by atomic mass is 10.2. The molecule has 0 unspecified atom stereocenters. The van der Waals surface area contributed by atoms with E-state index in [1.807, 2.05) is 7.05 Å². The Morgan fingerprint density at radius 3 is 2.50 bits per heavy atom. The average molecular weight is 113 g/mol. The number of likely N-dealkylation sites (N-methyl/N-ethyl adjacent to an activating group) is 1. The second-order valence-corrected chi connectivity index (χ2v) is 2.29. The predicted molar refractivity (Wildman–Crippen MR) is 31.6 cm³/mol. The van der Waals surface area contributed by atoms with E-state index in [9.17, 15) is 4.79 Å². The Kier molecular flexibility index (Phi) is 1.63. The standard InChI is InChI=1S/C6H11NO/c1-7-6(4-8)5-2-3-5/h4-7H,2-3H2,1H3/t6-/m0/s1. The SMILES string of the molecule is CN[C@@H](C=O)C1CC1. The maximum absolute atomic E-state index is 10.2. The molecule has 0 aromatic carbocycles. The fraction of sp³-hybridized carbons (Fsp3) is 0.833. The van der Waals surface area contributed by atoms with Crippen LogP contribution >= 0.6 is 0 Å². The van der Waals surface area contributed by atoms with Gasteiger partial charge in [-0.3, -0.25) is 0 Å². The molecule has 1 saturated carbocycles. The quantitative estimate of drug-likeness (QED) is 0.529. The minimum atomic E-state index is 0.134. The molecule has 1 atom stereocenters. The number of nitrogens with one attached hydrogen (secondary N) is 1. The molecule has 1 aliphatic carbocycles. The molecule has 0 aromatic rings. The first-order valence-electron chi connectivity index (χ1n) is 3.01. The number of carbonyl (C=O) groups excluding carboxylic acids is 1. The molecule has 1 fully saturated rings. The van der Waals surface area contributed by atoms with Crippen LogP contribution in [0.2, 0.25) is 0 Å². The second-order valence-electron chi connectivity index (χ2n) is 2.29. The van der Waals surface area contributed by atoms with Crippen LogP contribution in [0.15, 0.2) is 0 Å². The van der Waals surface area contributed by atoms with Crippen molar-refractivity contribution in [2.24, 2.45) is 5.92 Å². The molecule has 0 spiro atoms. The van der Waals surface area contributed by atoms with Crippen molar-refractivity contribution in [1.82, 2.24) is 5.32 Å². The van der Waals surface area contributed by atoms with Crippen molar-refractivity contribution in [2.75, 3.05) is 7.05 Å². The summed E-state index contributed by atoms with van der Waals surface area (Å²) in [6, 6.07) is 0.134. The predicted octanol–water partition coefficient (Wildman–Crippen LogP) is 0.183. The summed E-state index contributed by atoms with van der Waals surface area (Å²) in [6.07, 6.45) is 3.45. The van der Waals surface area contributed by atoms with Gasteiger partial charge < -0.3 is 10.1 Å². The first kappa shape index (κ1) is 5.76. The molecule has 2 nitrogen and oxygen atoms in total. The highest BCUT2D eigenvalue weighted by molar-refractivity contribution is 5.58. The summed E-state index contributed by atoms with van der Waals surface area (Å²) in [5, 5.41) is 2.95. The molecule has 1 N–H and O–H groups in total. The van der Waals surface area contributed by atoms with Gasteiger partial charge in [-0.15, -0.1) is 0 Å². The van der Waals surface area contributed by atoms with Crippen molar-refractivity contribution in [3.63, 3.8) is 0 Å². The van der Waals surface area contributed by atoms with Crippen LogP contribution in [0.3, 0.4) is 0 Å². The van der Waals surface area contributed by atoms with Gasteiger partial charge in [-0.05, 0) is 25.8 Å². The minimum Gasteiger partial charge on any atom is -0.311 e. The van der Waals surface area contributed by atoms with Crippen molar-refractivity contribution in [3.05, 3.63) is 0 Å². The van der Waals surface area contributed by atoms with Gasteiger partial charge in [0.05, 0.1) is 6.04 Å². The smallest absolute Gasteiger partial charge is 0.137 e. The van der Waals surface area contributed by atoms with Gasteiger partial charge in [-0.25, -0.2) is 0 Å². The molecule has 1 rings (SSSR count). The van der Waals surface area contributed by atoms with Crippen LogP contribution < -0.4 is 5.32 Å². The highest BCUT2D eigenvalue weighted by Crippen LogP contribution is 2.31. The van der Waals surface area contributed by atoms with E-state index in [1.165, 1.54) is 12.8 Å². The largest absolute Gasteiger partial charge is 0.311 e. The molecule has 8 heavy (non-hydrogen) atoms. The van der Waals surface area contributed by atoms with Crippen LogP contribution in [0.25, 0.3) is 0 Å². The fourth-order valence-corrected chi connectivity index (χ4v) is 0.870. The fourth-order valence-electron chi connectivity index (χ4n) is 0.870. The maximum Gasteiger partial charge on any atom is 0.137 e. The summed E-state index contributed by atoms with van der Waals surface area (Å²) in [6.45, 7) is 0. The molecule has 0 aromatic heterocycles. The number of hydrogen-bond donors (Lipinski definition) is 1. The zero-order chi connectivity index (χ0) is 5.98. The summed E-state index contributed by atoms with van der Waals surface area (Å²) >= 11 is 0. The first-order chi connectivity index (χ1) is 3.88. The summed E-state index contributed by atoms with van der Waals surface area (Å²) in [7, 11) is 1.83. The highest BCUT2D eigenvalue weighted by atomic mass is 16.1. The van der Waals surface area contributed by atoms with Gasteiger partial charge in [0.25, 0.3) is 0 Å². The maximum atomic E-state index is 10.2. The summed E-state index contributed by atoms with van der Waals surface area (Å²) in [5.41, 5.74) is 0. The van der Waals surface area contributed by atoms with Crippen LogP contribution in [-0.4, -0.2) is 19.4 Å². The zero-order valence-electron chi connectivity index (χ0n) is 5.05. The Morgan fingerprint density at radius 2 is 2.38 bits per heavy atom. The number of rotatable bonds is 3. The van der Waals surface area contributed by atoms with E-state index in [2.05, 4.69) is 5.32 Å². The van der Waals surface area contributed by atoms with Crippen LogP contribution in [0.4, 0.5) is 0 Å². The van der Waals surface area contributed by atoms with Gasteiger partial charge >= 0.3 is 0 Å². The molecular formula is C6H11NO. The van der Waals surface area contributed by atoms with Crippen molar-refractivity contribution in [3.8, 4) is 0 Å². The lowest BCUT2D eigenvalue weighted by Gasteiger charge is -2.03. The Labute approximate surface area is 49.3 Å². The van der Waals surface area contributed by atoms with Gasteiger partial charge in [0.15, 0.2) is 0 Å². The summed E-state index contributed by atoms with van der Waals surface area (Å²) < 4.78 is 0. The van der Waals surface area contributed by atoms with E-state index in [0.29, 0.717) is 5.92 Å². The summed E-state index contributed by atoms with van der Waals surface area (Å²) in [5.74, 6) is 0.650. The van der Waals surface area contributed by atoms with Crippen LogP contribution in [0, 0.1) is 5.92 Å². The topological polar surface area (TPSA) is 29.1 Å². The van der Waals surface area contributed by atoms with Crippen LogP contribution in [-0.2, 0) is 4.79 Å². The van der Waals surface area contributed by atoms with Gasteiger partial charge in [0, 0.05) is 0 Å². The number of hydrogen-bond acceptors (Lipinski definition) is 2. The third-order valence-electron chi connectivity index (χ3n) is 1.61. The third-order valence-corrected chi connectivity index (χ3v) is 1.61. The van der Waals surface area contributed by atoms with Gasteiger partial charge in [-0.2, -0.15) is 0 Å². The number of aldehydes is 1. The lowest BCUT2D eigenvalue weighted by molar-refractivity contribution is -0.109. The molecule has 0 amide bonds.